The number of likely N-dealkylation sites (tertiary alicyclic amines) is 1. The van der Waals surface area contributed by atoms with Crippen LogP contribution < -0.4 is 25.5 Å². The summed E-state index contributed by atoms with van der Waals surface area (Å²) in [6.45, 7) is -1.44. The Morgan fingerprint density at radius 3 is 2.48 bits per heavy atom. The standard InChI is InChI=1S/C36H37F2N3O7/c1-46-34-16-23(6-11-33(34)47-21-32(43)29-9-7-24-4-2-3-5-28(24)29)20-40-35(44)30-17-26(48-27(18-37)19-38)8-10-31(30)41(36(40)45)25-12-14-39(22-42)15-13-25/h2-6,8,10-11,16-17,22,25,27,29H,7,9,12-15,18-21H2,1H3. The third kappa shape index (κ3) is 6.56. The number of aryl methyl sites for hydroxylation is 1. The quantitative estimate of drug-likeness (QED) is 0.196. The molecule has 0 saturated carbocycles. The Hall–Kier alpha value is -5.00. The van der Waals surface area contributed by atoms with E-state index in [0.717, 1.165) is 29.4 Å². The van der Waals surface area contributed by atoms with E-state index in [9.17, 15) is 28.0 Å². The highest BCUT2D eigenvalue weighted by atomic mass is 19.1. The first-order chi connectivity index (χ1) is 23.3. The van der Waals surface area contributed by atoms with E-state index < -0.39 is 30.7 Å². The van der Waals surface area contributed by atoms with E-state index in [2.05, 4.69) is 0 Å². The summed E-state index contributed by atoms with van der Waals surface area (Å²) in [6, 6.07) is 17.1. The maximum Gasteiger partial charge on any atom is 0.332 e. The van der Waals surface area contributed by atoms with Crippen molar-refractivity contribution in [3.05, 3.63) is 98.2 Å². The van der Waals surface area contributed by atoms with Crippen molar-refractivity contribution in [2.75, 3.05) is 40.2 Å². The number of hydrogen-bond donors (Lipinski definition) is 0. The average Bonchev–Trinajstić information content (AvgIpc) is 3.56. The van der Waals surface area contributed by atoms with E-state index >= 15 is 0 Å². The first-order valence-electron chi connectivity index (χ1n) is 16.0. The molecule has 12 heteroatoms. The number of Topliss-reactive ketones (excluding diaryl/α,β-unsaturated/α-hetero) is 1. The second-order valence-electron chi connectivity index (χ2n) is 12.2. The van der Waals surface area contributed by atoms with Crippen molar-refractivity contribution >= 4 is 23.1 Å². The molecule has 252 valence electrons. The Balaban J connectivity index is 1.30. The van der Waals surface area contributed by atoms with Gasteiger partial charge in [0.15, 0.2) is 23.4 Å². The molecule has 0 radical (unpaired) electrons. The molecule has 6 rings (SSSR count). The zero-order chi connectivity index (χ0) is 33.8. The number of amides is 1. The molecule has 4 aromatic rings. The Morgan fingerprint density at radius 1 is 0.979 bits per heavy atom. The number of carbonyl (C=O) groups is 2. The highest BCUT2D eigenvalue weighted by molar-refractivity contribution is 5.88. The zero-order valence-corrected chi connectivity index (χ0v) is 26.6. The minimum Gasteiger partial charge on any atom is -0.493 e. The van der Waals surface area contributed by atoms with Gasteiger partial charge in [-0.2, -0.15) is 0 Å². The number of ether oxygens (including phenoxy) is 3. The number of halogens is 2. The topological polar surface area (TPSA) is 109 Å². The number of methoxy groups -OCH3 is 1. The minimum absolute atomic E-state index is 0.0268. The van der Waals surface area contributed by atoms with Gasteiger partial charge in [0.1, 0.15) is 25.7 Å². The fourth-order valence-corrected chi connectivity index (χ4v) is 6.73. The lowest BCUT2D eigenvalue weighted by Crippen LogP contribution is -2.44. The van der Waals surface area contributed by atoms with Crippen LogP contribution in [-0.4, -0.2) is 72.5 Å². The molecule has 1 amide bonds. The number of hydrogen-bond acceptors (Lipinski definition) is 7. The summed E-state index contributed by atoms with van der Waals surface area (Å²) in [7, 11) is 1.46. The fraction of sp³-hybridized carbons (Fsp3) is 0.389. The number of nitrogens with zero attached hydrogens (tertiary/aromatic N) is 3. The van der Waals surface area contributed by atoms with Gasteiger partial charge in [-0.15, -0.1) is 0 Å². The van der Waals surface area contributed by atoms with Crippen LogP contribution in [0.1, 0.15) is 47.9 Å². The van der Waals surface area contributed by atoms with Crippen LogP contribution in [0.25, 0.3) is 10.9 Å². The largest absolute Gasteiger partial charge is 0.493 e. The predicted molar refractivity (Wildman–Crippen MR) is 175 cm³/mol. The first kappa shape index (κ1) is 32.9. The van der Waals surface area contributed by atoms with E-state index in [4.69, 9.17) is 14.2 Å². The SMILES string of the molecule is COc1cc(Cn2c(=O)c3cc(OC(CF)CF)ccc3n(C3CCN(C=O)CC3)c2=O)ccc1OCC(=O)C1CCc2ccccc21. The molecule has 1 aliphatic carbocycles. The lowest BCUT2D eigenvalue weighted by molar-refractivity contribution is -0.122. The van der Waals surface area contributed by atoms with Crippen molar-refractivity contribution in [1.82, 2.24) is 14.0 Å². The summed E-state index contributed by atoms with van der Waals surface area (Å²) in [5, 5.41) is 0.153. The van der Waals surface area contributed by atoms with E-state index in [1.807, 2.05) is 24.3 Å². The van der Waals surface area contributed by atoms with Crippen molar-refractivity contribution in [3.63, 3.8) is 0 Å². The zero-order valence-electron chi connectivity index (χ0n) is 26.6. The number of fused-ring (bicyclic) bond motifs is 2. The predicted octanol–water partition coefficient (Wildman–Crippen LogP) is 4.38. The molecule has 1 fully saturated rings. The maximum absolute atomic E-state index is 14.0. The molecule has 2 heterocycles. The number of aromatic nitrogens is 2. The van der Waals surface area contributed by atoms with Gasteiger partial charge in [-0.25, -0.2) is 13.6 Å². The van der Waals surface area contributed by atoms with Gasteiger partial charge in [-0.05, 0) is 72.7 Å². The van der Waals surface area contributed by atoms with E-state index in [0.29, 0.717) is 48.5 Å². The van der Waals surface area contributed by atoms with Crippen molar-refractivity contribution < 1.29 is 32.6 Å². The highest BCUT2D eigenvalue weighted by Gasteiger charge is 2.29. The van der Waals surface area contributed by atoms with Crippen LogP contribution in [0.5, 0.6) is 17.2 Å². The van der Waals surface area contributed by atoms with Crippen LogP contribution in [0.4, 0.5) is 8.78 Å². The van der Waals surface area contributed by atoms with Crippen molar-refractivity contribution in [2.45, 2.75) is 50.3 Å². The minimum atomic E-state index is -1.32. The summed E-state index contributed by atoms with van der Waals surface area (Å²) < 4.78 is 46.0. The van der Waals surface area contributed by atoms with Gasteiger partial charge < -0.3 is 19.1 Å². The van der Waals surface area contributed by atoms with Crippen LogP contribution in [0.15, 0.2) is 70.3 Å². The molecule has 48 heavy (non-hydrogen) atoms. The normalized spacial score (nSPS) is 16.2. The van der Waals surface area contributed by atoms with E-state index in [1.165, 1.54) is 24.8 Å². The monoisotopic (exact) mass is 661 g/mol. The lowest BCUT2D eigenvalue weighted by atomic mass is 9.97. The molecular formula is C36H37F2N3O7. The van der Waals surface area contributed by atoms with Gasteiger partial charge in [-0.3, -0.25) is 23.5 Å². The summed E-state index contributed by atoms with van der Waals surface area (Å²) >= 11 is 0. The van der Waals surface area contributed by atoms with Crippen LogP contribution in [0, 0.1) is 0 Å². The second-order valence-corrected chi connectivity index (χ2v) is 12.2. The molecule has 1 saturated heterocycles. The molecule has 0 spiro atoms. The van der Waals surface area contributed by atoms with Gasteiger partial charge in [0.25, 0.3) is 5.56 Å². The molecule has 10 nitrogen and oxygen atoms in total. The van der Waals surface area contributed by atoms with Crippen molar-refractivity contribution in [2.24, 2.45) is 0 Å². The Morgan fingerprint density at radius 2 is 1.75 bits per heavy atom. The van der Waals surface area contributed by atoms with Crippen molar-refractivity contribution in [1.29, 1.82) is 0 Å². The van der Waals surface area contributed by atoms with E-state index in [-0.39, 0.29) is 42.0 Å². The molecule has 1 aromatic heterocycles. The van der Waals surface area contributed by atoms with Crippen molar-refractivity contribution in [3.8, 4) is 17.2 Å². The van der Waals surface area contributed by atoms with Crippen LogP contribution in [0.3, 0.4) is 0 Å². The Labute approximate surface area is 275 Å². The second kappa shape index (κ2) is 14.4. The van der Waals surface area contributed by atoms with Gasteiger partial charge in [0.05, 0.1) is 24.6 Å². The number of alkyl halides is 2. The summed E-state index contributed by atoms with van der Waals surface area (Å²) in [5.41, 5.74) is 2.03. The first-order valence-corrected chi connectivity index (χ1v) is 16.0. The molecule has 0 bridgehead atoms. The van der Waals surface area contributed by atoms with Crippen LogP contribution >= 0.6 is 0 Å². The number of rotatable bonds is 13. The number of benzene rings is 3. The summed E-state index contributed by atoms with van der Waals surface area (Å²) in [6.07, 6.45) is 2.05. The van der Waals surface area contributed by atoms with Gasteiger partial charge in [-0.1, -0.05) is 30.3 Å². The summed E-state index contributed by atoms with van der Waals surface area (Å²) in [5.74, 6) is 0.543. The molecule has 1 atom stereocenters. The molecule has 3 aromatic carbocycles. The number of piperidine rings is 1. The average molecular weight is 662 g/mol. The number of carbonyl (C=O) groups excluding carboxylic acids is 2. The molecular weight excluding hydrogens is 624 g/mol. The molecule has 1 aliphatic heterocycles. The Bertz CT molecular complexity index is 1930. The number of ketones is 1. The molecule has 1 unspecified atom stereocenters. The van der Waals surface area contributed by atoms with Gasteiger partial charge in [0.2, 0.25) is 6.41 Å². The van der Waals surface area contributed by atoms with Gasteiger partial charge in [0, 0.05) is 25.0 Å². The summed E-state index contributed by atoms with van der Waals surface area (Å²) in [4.78, 5) is 54.0. The molecule has 0 N–H and O–H groups in total. The smallest absolute Gasteiger partial charge is 0.332 e. The van der Waals surface area contributed by atoms with Crippen LogP contribution in [-0.2, 0) is 22.6 Å². The highest BCUT2D eigenvalue weighted by Crippen LogP contribution is 2.35. The van der Waals surface area contributed by atoms with E-state index in [1.54, 1.807) is 33.7 Å². The lowest BCUT2D eigenvalue weighted by Gasteiger charge is -2.31. The van der Waals surface area contributed by atoms with Gasteiger partial charge >= 0.3 is 5.69 Å². The fourth-order valence-electron chi connectivity index (χ4n) is 6.73. The third-order valence-corrected chi connectivity index (χ3v) is 9.26. The third-order valence-electron chi connectivity index (χ3n) is 9.26. The maximum atomic E-state index is 14.0. The molecule has 2 aliphatic rings. The van der Waals surface area contributed by atoms with Crippen LogP contribution in [0.2, 0.25) is 0 Å². The Kier molecular flexibility index (Phi) is 9.88.